The molecule has 0 aliphatic carbocycles. The van der Waals surface area contributed by atoms with Crippen LogP contribution in [0.1, 0.15) is 58.6 Å². The molecule has 6 atom stereocenters. The monoisotopic (exact) mass is 450 g/mol. The number of ether oxygens (including phenoxy) is 1. The van der Waals surface area contributed by atoms with Crippen LogP contribution in [-0.2, 0) is 20.9 Å². The number of aliphatic hydroxyl groups excluding tert-OH is 2. The van der Waals surface area contributed by atoms with Gasteiger partial charge >= 0.3 is 13.3 Å². The Morgan fingerprint density at radius 2 is 1.87 bits per heavy atom. The van der Waals surface area contributed by atoms with Crippen LogP contribution in [0.5, 0.6) is 0 Å². The van der Waals surface area contributed by atoms with Gasteiger partial charge in [-0.1, -0.05) is 13.3 Å². The van der Waals surface area contributed by atoms with Gasteiger partial charge in [-0.3, -0.25) is 13.9 Å². The van der Waals surface area contributed by atoms with E-state index in [9.17, 15) is 34.4 Å². The van der Waals surface area contributed by atoms with E-state index in [1.165, 1.54) is 7.05 Å². The largest absolute Gasteiger partial charge is 0.388 e. The maximum absolute atomic E-state index is 12.5. The van der Waals surface area contributed by atoms with Gasteiger partial charge in [0.1, 0.15) is 18.3 Å². The van der Waals surface area contributed by atoms with E-state index in [1.807, 2.05) is 6.92 Å². The minimum Gasteiger partial charge on any atom is -0.388 e. The quantitative estimate of drug-likeness (QED) is 0.345. The summed E-state index contributed by atoms with van der Waals surface area (Å²) in [5, 5.41) is 28.9. The summed E-state index contributed by atoms with van der Waals surface area (Å²) in [5.41, 5.74) is -2.61. The van der Waals surface area contributed by atoms with E-state index in [-0.39, 0.29) is 12.0 Å². The van der Waals surface area contributed by atoms with Gasteiger partial charge < -0.3 is 34.5 Å². The molecule has 2 heterocycles. The minimum absolute atomic E-state index is 0.0337. The van der Waals surface area contributed by atoms with Crippen molar-refractivity contribution in [2.75, 3.05) is 0 Å². The van der Waals surface area contributed by atoms with Crippen molar-refractivity contribution in [3.63, 3.8) is 0 Å². The maximum Gasteiger partial charge on any atom is 0.359 e. The average molecular weight is 450 g/mol. The number of aliphatic hydroxyl groups is 3. The molecule has 0 amide bonds. The van der Waals surface area contributed by atoms with Crippen LogP contribution in [0.25, 0.3) is 0 Å². The first-order valence-corrected chi connectivity index (χ1v) is 11.3. The van der Waals surface area contributed by atoms with Gasteiger partial charge in [0.25, 0.3) is 5.56 Å². The topological polar surface area (TPSA) is 171 Å². The summed E-state index contributed by atoms with van der Waals surface area (Å²) in [6.45, 7) is 5.71. The summed E-state index contributed by atoms with van der Waals surface area (Å²) in [4.78, 5) is 36.5. The standard InChI is InChI=1S/C18H31N2O9P/c1-6-7-18(4,29-30(26,27)17(2,3)25)8-11-12(21)13(22)14(28-11)10-9-19-16(24)20(5)15(10)23/h9,11-14,21-22,25H,6-8H2,1-5H3,(H,19,24)(H,26,27)/t11-,12-,13-,14+,18?/m1/s1. The Morgan fingerprint density at radius 3 is 2.40 bits per heavy atom. The van der Waals surface area contributed by atoms with E-state index in [4.69, 9.17) is 9.26 Å². The van der Waals surface area contributed by atoms with Crippen LogP contribution < -0.4 is 11.2 Å². The van der Waals surface area contributed by atoms with E-state index in [0.29, 0.717) is 12.8 Å². The van der Waals surface area contributed by atoms with Gasteiger partial charge in [-0.25, -0.2) is 4.79 Å². The van der Waals surface area contributed by atoms with Crippen molar-refractivity contribution in [1.29, 1.82) is 0 Å². The molecule has 12 heteroatoms. The summed E-state index contributed by atoms with van der Waals surface area (Å²) in [6.07, 6.45) is -3.19. The Morgan fingerprint density at radius 1 is 1.27 bits per heavy atom. The van der Waals surface area contributed by atoms with Gasteiger partial charge in [0, 0.05) is 19.7 Å². The first-order valence-electron chi connectivity index (χ1n) is 9.70. The summed E-state index contributed by atoms with van der Waals surface area (Å²) in [7, 11) is -3.18. The van der Waals surface area contributed by atoms with Gasteiger partial charge in [-0.15, -0.1) is 0 Å². The molecule has 0 radical (unpaired) electrons. The highest BCUT2D eigenvalue weighted by Crippen LogP contribution is 2.57. The Balaban J connectivity index is 2.30. The highest BCUT2D eigenvalue weighted by atomic mass is 31.2. The molecule has 0 saturated carbocycles. The van der Waals surface area contributed by atoms with Crippen LogP contribution in [0.2, 0.25) is 0 Å². The third-order valence-corrected chi connectivity index (χ3v) is 7.40. The van der Waals surface area contributed by atoms with Crippen LogP contribution in [0.4, 0.5) is 0 Å². The van der Waals surface area contributed by atoms with Crippen LogP contribution in [0.3, 0.4) is 0 Å². The van der Waals surface area contributed by atoms with Crippen LogP contribution in [0, 0.1) is 0 Å². The predicted molar refractivity (Wildman–Crippen MR) is 107 cm³/mol. The fourth-order valence-electron chi connectivity index (χ4n) is 3.51. The number of hydrogen-bond donors (Lipinski definition) is 5. The van der Waals surface area contributed by atoms with Crippen molar-refractivity contribution in [2.24, 2.45) is 7.05 Å². The van der Waals surface area contributed by atoms with Crippen LogP contribution >= 0.6 is 7.60 Å². The summed E-state index contributed by atoms with van der Waals surface area (Å²) < 4.78 is 24.5. The van der Waals surface area contributed by atoms with Crippen LogP contribution in [-0.4, -0.2) is 59.0 Å². The smallest absolute Gasteiger partial charge is 0.359 e. The third-order valence-electron chi connectivity index (χ3n) is 5.32. The van der Waals surface area contributed by atoms with Crippen molar-refractivity contribution in [3.8, 4) is 0 Å². The summed E-state index contributed by atoms with van der Waals surface area (Å²) in [5.74, 6) is 0. The molecule has 11 nitrogen and oxygen atoms in total. The van der Waals surface area contributed by atoms with E-state index < -0.39 is 54.2 Å². The molecule has 2 unspecified atom stereocenters. The Bertz CT molecular complexity index is 921. The first kappa shape index (κ1) is 24.9. The lowest BCUT2D eigenvalue weighted by molar-refractivity contribution is -0.0542. The fraction of sp³-hybridized carbons (Fsp3) is 0.778. The highest BCUT2D eigenvalue weighted by Gasteiger charge is 2.50. The van der Waals surface area contributed by atoms with Crippen molar-refractivity contribution in [2.45, 2.75) is 82.3 Å². The fourth-order valence-corrected chi connectivity index (χ4v) is 4.50. The molecule has 0 spiro atoms. The molecule has 1 aromatic rings. The van der Waals surface area contributed by atoms with Gasteiger partial charge in [0.15, 0.2) is 5.34 Å². The molecule has 1 fully saturated rings. The number of aromatic nitrogens is 2. The zero-order valence-electron chi connectivity index (χ0n) is 17.7. The number of hydrogen-bond acceptors (Lipinski definition) is 8. The third kappa shape index (κ3) is 4.94. The molecule has 1 aliphatic rings. The Labute approximate surface area is 173 Å². The molecule has 5 N–H and O–H groups in total. The van der Waals surface area contributed by atoms with Crippen molar-refractivity contribution in [1.82, 2.24) is 9.55 Å². The van der Waals surface area contributed by atoms with Crippen LogP contribution in [0.15, 0.2) is 15.8 Å². The summed E-state index contributed by atoms with van der Waals surface area (Å²) >= 11 is 0. The number of H-pyrrole nitrogens is 1. The molecule has 0 aromatic carbocycles. The number of nitrogens with one attached hydrogen (secondary N) is 1. The van der Waals surface area contributed by atoms with E-state index in [0.717, 1.165) is 24.6 Å². The van der Waals surface area contributed by atoms with Crippen molar-refractivity contribution in [3.05, 3.63) is 32.6 Å². The lowest BCUT2D eigenvalue weighted by atomic mass is 9.90. The van der Waals surface area contributed by atoms with E-state index in [2.05, 4.69) is 4.98 Å². The second kappa shape index (κ2) is 8.66. The predicted octanol–water partition coefficient (Wildman–Crippen LogP) is 0.115. The second-order valence-corrected chi connectivity index (χ2v) is 10.8. The van der Waals surface area contributed by atoms with Gasteiger partial charge in [-0.05, 0) is 27.2 Å². The Hall–Kier alpha value is -1.33. The van der Waals surface area contributed by atoms with Gasteiger partial charge in [0.05, 0.1) is 17.3 Å². The van der Waals surface area contributed by atoms with Gasteiger partial charge in [-0.2, -0.15) is 0 Å². The van der Waals surface area contributed by atoms with E-state index in [1.54, 1.807) is 6.92 Å². The first-order chi connectivity index (χ1) is 13.6. The zero-order valence-corrected chi connectivity index (χ0v) is 18.6. The lowest BCUT2D eigenvalue weighted by Gasteiger charge is -2.37. The maximum atomic E-state index is 12.5. The zero-order chi connectivity index (χ0) is 23.1. The van der Waals surface area contributed by atoms with Crippen molar-refractivity contribution < 1.29 is 34.0 Å². The SMILES string of the molecule is CCCC(C)(C[C@H]1O[C@@H](c2c[nH]c(=O)n(C)c2=O)[C@H](O)[C@@H]1O)OP(=O)(O)C(C)(C)O. The molecular weight excluding hydrogens is 419 g/mol. The molecule has 30 heavy (non-hydrogen) atoms. The molecule has 1 saturated heterocycles. The highest BCUT2D eigenvalue weighted by molar-refractivity contribution is 7.54. The van der Waals surface area contributed by atoms with Gasteiger partial charge in [0.2, 0.25) is 0 Å². The molecule has 0 bridgehead atoms. The summed E-state index contributed by atoms with van der Waals surface area (Å²) in [6, 6.07) is 0. The average Bonchev–Trinajstić information content (AvgIpc) is 2.86. The molecule has 1 aliphatic heterocycles. The second-order valence-electron chi connectivity index (χ2n) is 8.50. The lowest BCUT2D eigenvalue weighted by Crippen LogP contribution is -2.40. The van der Waals surface area contributed by atoms with Crippen molar-refractivity contribution >= 4 is 7.60 Å². The molecule has 172 valence electrons. The normalized spacial score (nSPS) is 28.8. The van der Waals surface area contributed by atoms with E-state index >= 15 is 0 Å². The number of aromatic amines is 1. The molecule has 1 aromatic heterocycles. The molecular formula is C18H31N2O9P. The number of nitrogens with zero attached hydrogens (tertiary/aromatic N) is 1. The minimum atomic E-state index is -4.45. The number of rotatable bonds is 8. The molecule has 2 rings (SSSR count). The Kier molecular flexibility index (Phi) is 7.20.